The van der Waals surface area contributed by atoms with Crippen LogP contribution in [0.3, 0.4) is 0 Å². The molecule has 0 atom stereocenters. The number of aromatic nitrogens is 2. The number of para-hydroxylation sites is 1. The van der Waals surface area contributed by atoms with Gasteiger partial charge in [-0.1, -0.05) is 30.3 Å². The summed E-state index contributed by atoms with van der Waals surface area (Å²) in [5.41, 5.74) is 0.243. The van der Waals surface area contributed by atoms with E-state index in [1.165, 1.54) is 61.6 Å². The van der Waals surface area contributed by atoms with Gasteiger partial charge in [0.05, 0.1) is 40.2 Å². The molecule has 0 aliphatic rings. The van der Waals surface area contributed by atoms with E-state index in [2.05, 4.69) is 15.0 Å². The number of nitrogens with zero attached hydrogens (tertiary/aromatic N) is 2. The van der Waals surface area contributed by atoms with Gasteiger partial charge in [0.25, 0.3) is 5.56 Å². The Morgan fingerprint density at radius 1 is 0.918 bits per heavy atom. The standard InChI is InChI=1S/C32H34N4O11S2/c1-5-45-31(39)28-20(2)17-23-29(21(28)3)30(38)36(24-13-9-10-14-25(24)49(43,44)33-4)26(35-23)18-47-32(40)34-15-16-46-27(37)19-48(41,42)22-11-7-6-8-12-22/h6-14,17,33H,5,15-16,18-19H2,1-4H3,(H,34,40). The highest BCUT2D eigenvalue weighted by Crippen LogP contribution is 2.26. The number of fused-ring (bicyclic) bond motifs is 1. The van der Waals surface area contributed by atoms with Crippen molar-refractivity contribution >= 4 is 48.8 Å². The van der Waals surface area contributed by atoms with Gasteiger partial charge in [0.15, 0.2) is 28.0 Å². The normalized spacial score (nSPS) is 11.6. The molecule has 0 saturated heterocycles. The van der Waals surface area contributed by atoms with Crippen LogP contribution in [0.25, 0.3) is 16.6 Å². The molecule has 260 valence electrons. The molecule has 0 bridgehead atoms. The largest absolute Gasteiger partial charge is 0.463 e. The first-order valence-electron chi connectivity index (χ1n) is 14.8. The Morgan fingerprint density at radius 3 is 2.27 bits per heavy atom. The maximum atomic E-state index is 14.2. The highest BCUT2D eigenvalue weighted by molar-refractivity contribution is 7.92. The van der Waals surface area contributed by atoms with E-state index in [0.29, 0.717) is 5.56 Å². The summed E-state index contributed by atoms with van der Waals surface area (Å²) in [6, 6.07) is 14.5. The molecule has 0 aliphatic carbocycles. The minimum Gasteiger partial charge on any atom is -0.463 e. The first kappa shape index (κ1) is 36.7. The number of amides is 1. The lowest BCUT2D eigenvalue weighted by Crippen LogP contribution is -2.32. The molecule has 3 aromatic carbocycles. The Labute approximate surface area is 282 Å². The summed E-state index contributed by atoms with van der Waals surface area (Å²) in [4.78, 5) is 55.9. The molecule has 1 heterocycles. The lowest BCUT2D eigenvalue weighted by molar-refractivity contribution is -0.140. The van der Waals surface area contributed by atoms with Crippen LogP contribution in [-0.4, -0.2) is 77.0 Å². The number of sulfone groups is 1. The maximum absolute atomic E-state index is 14.2. The third-order valence-corrected chi connectivity index (χ3v) is 10.3. The molecule has 0 saturated carbocycles. The van der Waals surface area contributed by atoms with Crippen LogP contribution < -0.4 is 15.6 Å². The third-order valence-electron chi connectivity index (χ3n) is 7.20. The van der Waals surface area contributed by atoms with E-state index in [4.69, 9.17) is 14.2 Å². The van der Waals surface area contributed by atoms with E-state index in [1.54, 1.807) is 26.8 Å². The van der Waals surface area contributed by atoms with Crippen molar-refractivity contribution in [1.29, 1.82) is 0 Å². The molecule has 17 heteroatoms. The van der Waals surface area contributed by atoms with Crippen LogP contribution in [-0.2, 0) is 45.5 Å². The lowest BCUT2D eigenvalue weighted by Gasteiger charge is -2.19. The summed E-state index contributed by atoms with van der Waals surface area (Å²) in [5.74, 6) is -2.70. The Balaban J connectivity index is 1.60. The Hall–Kier alpha value is -5.13. The van der Waals surface area contributed by atoms with E-state index in [-0.39, 0.29) is 63.1 Å². The molecular formula is C32H34N4O11S2. The van der Waals surface area contributed by atoms with Gasteiger partial charge in [-0.2, -0.15) is 0 Å². The van der Waals surface area contributed by atoms with E-state index in [9.17, 15) is 36.0 Å². The number of nitrogens with one attached hydrogen (secondary N) is 2. The van der Waals surface area contributed by atoms with Crippen molar-refractivity contribution in [3.05, 3.63) is 93.5 Å². The number of alkyl carbamates (subject to hydrolysis) is 1. The Morgan fingerprint density at radius 2 is 1.59 bits per heavy atom. The van der Waals surface area contributed by atoms with Crippen molar-refractivity contribution in [2.45, 2.75) is 37.2 Å². The summed E-state index contributed by atoms with van der Waals surface area (Å²) in [5, 5.41) is 2.37. The molecule has 0 aliphatic heterocycles. The Kier molecular flexibility index (Phi) is 11.5. The molecule has 49 heavy (non-hydrogen) atoms. The molecule has 1 amide bonds. The molecule has 0 radical (unpaired) electrons. The smallest absolute Gasteiger partial charge is 0.407 e. The van der Waals surface area contributed by atoms with Crippen LogP contribution in [0.2, 0.25) is 0 Å². The lowest BCUT2D eigenvalue weighted by atomic mass is 9.98. The molecule has 1 aromatic heterocycles. The third kappa shape index (κ3) is 8.30. The molecular weight excluding hydrogens is 681 g/mol. The number of sulfonamides is 1. The van der Waals surface area contributed by atoms with E-state index in [0.717, 1.165) is 4.57 Å². The van der Waals surface area contributed by atoms with E-state index >= 15 is 0 Å². The second kappa shape index (κ2) is 15.4. The van der Waals surface area contributed by atoms with Crippen LogP contribution in [0, 0.1) is 13.8 Å². The van der Waals surface area contributed by atoms with Crippen LogP contribution in [0.4, 0.5) is 4.79 Å². The zero-order valence-corrected chi connectivity index (χ0v) is 28.6. The number of benzene rings is 3. The number of hydrogen-bond acceptors (Lipinski definition) is 12. The number of carbonyl (C=O) groups is 3. The summed E-state index contributed by atoms with van der Waals surface area (Å²) in [6.07, 6.45) is -1.00. The van der Waals surface area contributed by atoms with Gasteiger partial charge in [0.1, 0.15) is 11.5 Å². The molecule has 4 aromatic rings. The minimum atomic E-state index is -4.10. The predicted octanol–water partition coefficient (Wildman–Crippen LogP) is 2.33. The first-order valence-corrected chi connectivity index (χ1v) is 17.9. The summed E-state index contributed by atoms with van der Waals surface area (Å²) in [7, 11) is -6.81. The molecule has 0 unspecified atom stereocenters. The summed E-state index contributed by atoms with van der Waals surface area (Å²) in [6.45, 7) is 3.72. The van der Waals surface area contributed by atoms with Crippen molar-refractivity contribution in [2.24, 2.45) is 0 Å². The molecule has 2 N–H and O–H groups in total. The van der Waals surface area contributed by atoms with Crippen LogP contribution in [0.15, 0.2) is 75.2 Å². The number of rotatable bonds is 13. The fourth-order valence-electron chi connectivity index (χ4n) is 4.99. The van der Waals surface area contributed by atoms with Crippen LogP contribution in [0.1, 0.15) is 34.2 Å². The van der Waals surface area contributed by atoms with Crippen LogP contribution in [0.5, 0.6) is 0 Å². The SMILES string of the molecule is CCOC(=O)c1c(C)cc2nc(COC(=O)NCCOC(=O)CS(=O)(=O)c3ccccc3)n(-c3ccccc3S(=O)(=O)NC)c(=O)c2c1C. The molecule has 0 fully saturated rings. The van der Waals surface area contributed by atoms with Gasteiger partial charge in [-0.15, -0.1) is 0 Å². The predicted molar refractivity (Wildman–Crippen MR) is 177 cm³/mol. The highest BCUT2D eigenvalue weighted by Gasteiger charge is 2.26. The molecule has 4 rings (SSSR count). The van der Waals surface area contributed by atoms with Crippen molar-refractivity contribution in [3.63, 3.8) is 0 Å². The Bertz CT molecular complexity index is 2180. The quantitative estimate of drug-likeness (QED) is 0.116. The average molecular weight is 715 g/mol. The fourth-order valence-corrected chi connectivity index (χ4v) is 7.03. The van der Waals surface area contributed by atoms with Gasteiger partial charge in [-0.05, 0) is 69.3 Å². The zero-order chi connectivity index (χ0) is 35.9. The number of ether oxygens (including phenoxy) is 3. The highest BCUT2D eigenvalue weighted by atomic mass is 32.2. The number of carbonyl (C=O) groups excluding carboxylic acids is 3. The van der Waals surface area contributed by atoms with Crippen molar-refractivity contribution in [1.82, 2.24) is 19.6 Å². The van der Waals surface area contributed by atoms with E-state index < -0.39 is 55.8 Å². The second-order valence-electron chi connectivity index (χ2n) is 10.4. The maximum Gasteiger partial charge on any atom is 0.407 e. The number of hydrogen-bond donors (Lipinski definition) is 2. The van der Waals surface area contributed by atoms with Gasteiger partial charge in [0, 0.05) is 0 Å². The summed E-state index contributed by atoms with van der Waals surface area (Å²) < 4.78 is 69.2. The van der Waals surface area contributed by atoms with Gasteiger partial charge < -0.3 is 19.5 Å². The fraction of sp³-hybridized carbons (Fsp3) is 0.281. The second-order valence-corrected chi connectivity index (χ2v) is 14.3. The van der Waals surface area contributed by atoms with Crippen molar-refractivity contribution in [2.75, 3.05) is 32.6 Å². The molecule has 0 spiro atoms. The molecule has 15 nitrogen and oxygen atoms in total. The minimum absolute atomic E-state index is 0.0228. The summed E-state index contributed by atoms with van der Waals surface area (Å²) >= 11 is 0. The van der Waals surface area contributed by atoms with Gasteiger partial charge in [0.2, 0.25) is 10.0 Å². The number of esters is 2. The number of aryl methyl sites for hydroxylation is 2. The zero-order valence-electron chi connectivity index (χ0n) is 27.0. The topological polar surface area (TPSA) is 206 Å². The first-order chi connectivity index (χ1) is 23.2. The van der Waals surface area contributed by atoms with E-state index in [1.807, 2.05) is 0 Å². The van der Waals surface area contributed by atoms with Crippen molar-refractivity contribution in [3.8, 4) is 5.69 Å². The van der Waals surface area contributed by atoms with Gasteiger partial charge in [-0.25, -0.2) is 36.1 Å². The average Bonchev–Trinajstić information content (AvgIpc) is 3.06. The van der Waals surface area contributed by atoms with Gasteiger partial charge >= 0.3 is 18.0 Å². The van der Waals surface area contributed by atoms with Crippen molar-refractivity contribution < 1.29 is 45.4 Å². The monoisotopic (exact) mass is 714 g/mol. The van der Waals surface area contributed by atoms with Gasteiger partial charge in [-0.3, -0.25) is 14.2 Å². The van der Waals surface area contributed by atoms with Crippen LogP contribution >= 0.6 is 0 Å².